The van der Waals surface area contributed by atoms with E-state index in [9.17, 15) is 0 Å². The number of ether oxygens (including phenoxy) is 2. The number of hydrogen-bond donors (Lipinski definition) is 0. The van der Waals surface area contributed by atoms with E-state index in [1.165, 1.54) is 141 Å². The predicted octanol–water partition coefficient (Wildman–Crippen LogP) is 12.8. The summed E-state index contributed by atoms with van der Waals surface area (Å²) in [7, 11) is 4.30. The van der Waals surface area contributed by atoms with Gasteiger partial charge in [0.05, 0.1) is 13.2 Å². The Morgan fingerprint density at radius 3 is 1.11 bits per heavy atom. The zero-order chi connectivity index (χ0) is 32.7. The van der Waals surface area contributed by atoms with Crippen LogP contribution in [0, 0.1) is 5.92 Å². The lowest BCUT2D eigenvalue weighted by Gasteiger charge is -2.21. The van der Waals surface area contributed by atoms with Crippen LogP contribution in [0.1, 0.15) is 168 Å². The van der Waals surface area contributed by atoms with Gasteiger partial charge in [-0.15, -0.1) is 0 Å². The Hall–Kier alpha value is -1.16. The molecule has 0 atom stereocenters. The van der Waals surface area contributed by atoms with Crippen molar-refractivity contribution in [3.63, 3.8) is 0 Å². The Morgan fingerprint density at radius 2 is 0.756 bits per heavy atom. The number of hydrogen-bond acceptors (Lipinski definition) is 3. The van der Waals surface area contributed by atoms with Crippen molar-refractivity contribution in [3.8, 4) is 0 Å². The summed E-state index contributed by atoms with van der Waals surface area (Å²) in [5, 5.41) is 0. The molecule has 0 rings (SSSR count). The van der Waals surface area contributed by atoms with Crippen molar-refractivity contribution in [2.24, 2.45) is 5.92 Å². The molecule has 0 N–H and O–H groups in total. The molecule has 0 unspecified atom stereocenters. The maximum absolute atomic E-state index is 6.07. The average Bonchev–Trinajstić information content (AvgIpc) is 3.03. The molecule has 3 heteroatoms. The molecule has 45 heavy (non-hydrogen) atoms. The molecular weight excluding hydrogens is 550 g/mol. The monoisotopic (exact) mass is 630 g/mol. The standard InChI is InChI=1S/C42H79NO2/c1-5-7-9-11-13-15-17-19-21-23-25-27-29-31-33-35-37-44-40-42(39-43(3)4)41-45-38-36-34-32-30-28-26-24-22-20-18-16-14-12-10-8-6-2/h13-16,19-22,42H,5-12,17-18,23-41H2,1-4H3/b15-13-,16-14-,21-19-,22-20-. The molecule has 0 aromatic carbocycles. The van der Waals surface area contributed by atoms with E-state index < -0.39 is 0 Å². The Labute approximate surface area is 283 Å². The van der Waals surface area contributed by atoms with Crippen molar-refractivity contribution < 1.29 is 9.47 Å². The summed E-state index contributed by atoms with van der Waals surface area (Å²) < 4.78 is 12.1. The van der Waals surface area contributed by atoms with Crippen LogP contribution in [0.5, 0.6) is 0 Å². The molecule has 0 heterocycles. The summed E-state index contributed by atoms with van der Waals surface area (Å²) in [5.41, 5.74) is 0. The topological polar surface area (TPSA) is 21.7 Å². The van der Waals surface area contributed by atoms with Crippen molar-refractivity contribution in [3.05, 3.63) is 48.6 Å². The third-order valence-corrected chi connectivity index (χ3v) is 8.31. The highest BCUT2D eigenvalue weighted by Crippen LogP contribution is 2.11. The minimum atomic E-state index is 0.467. The molecule has 0 fully saturated rings. The van der Waals surface area contributed by atoms with Gasteiger partial charge >= 0.3 is 0 Å². The highest BCUT2D eigenvalue weighted by atomic mass is 16.5. The third kappa shape index (κ3) is 38.9. The molecule has 0 spiro atoms. The summed E-state index contributed by atoms with van der Waals surface area (Å²) in [6.45, 7) is 9.00. The first kappa shape index (κ1) is 43.8. The lowest BCUT2D eigenvalue weighted by Crippen LogP contribution is -2.29. The number of allylic oxidation sites excluding steroid dienone is 8. The van der Waals surface area contributed by atoms with Gasteiger partial charge in [0.1, 0.15) is 0 Å². The quantitative estimate of drug-likeness (QED) is 0.0508. The SMILES string of the molecule is CCCCC/C=C\C/C=C\CCCCCCCCOCC(COCCCCCCCC/C=C\C/C=C\CCCCC)CN(C)C. The van der Waals surface area contributed by atoms with Crippen molar-refractivity contribution in [1.29, 1.82) is 0 Å². The Kier molecular flexibility index (Phi) is 38.0. The smallest absolute Gasteiger partial charge is 0.0528 e. The molecule has 0 saturated heterocycles. The van der Waals surface area contributed by atoms with Crippen LogP contribution in [0.2, 0.25) is 0 Å². The van der Waals surface area contributed by atoms with Gasteiger partial charge in [0.15, 0.2) is 0 Å². The fraction of sp³-hybridized carbons (Fsp3) is 0.810. The second kappa shape index (κ2) is 39.0. The van der Waals surface area contributed by atoms with Crippen LogP contribution in [-0.4, -0.2) is 52.0 Å². The zero-order valence-corrected chi connectivity index (χ0v) is 31.0. The lowest BCUT2D eigenvalue weighted by molar-refractivity contribution is 0.0275. The fourth-order valence-electron chi connectivity index (χ4n) is 5.55. The van der Waals surface area contributed by atoms with Gasteiger partial charge in [-0.1, -0.05) is 140 Å². The molecule has 0 bridgehead atoms. The summed E-state index contributed by atoms with van der Waals surface area (Å²) in [5.74, 6) is 0.467. The Bertz CT molecular complexity index is 614. The fourth-order valence-corrected chi connectivity index (χ4v) is 5.55. The van der Waals surface area contributed by atoms with Crippen LogP contribution < -0.4 is 0 Å². The molecule has 0 aliphatic heterocycles. The molecule has 0 saturated carbocycles. The minimum absolute atomic E-state index is 0.467. The summed E-state index contributed by atoms with van der Waals surface area (Å²) >= 11 is 0. The van der Waals surface area contributed by atoms with Crippen molar-refractivity contribution in [2.45, 2.75) is 168 Å². The number of unbranched alkanes of at least 4 members (excludes halogenated alkanes) is 18. The molecule has 0 aromatic heterocycles. The molecule has 0 aliphatic rings. The van der Waals surface area contributed by atoms with Crippen LogP contribution >= 0.6 is 0 Å². The largest absolute Gasteiger partial charge is 0.381 e. The highest BCUT2D eigenvalue weighted by molar-refractivity contribution is 4.93. The first-order valence-electron chi connectivity index (χ1n) is 19.6. The molecule has 264 valence electrons. The van der Waals surface area contributed by atoms with Crippen LogP contribution in [0.3, 0.4) is 0 Å². The van der Waals surface area contributed by atoms with E-state index in [1.807, 2.05) is 0 Å². The van der Waals surface area contributed by atoms with E-state index in [1.54, 1.807) is 0 Å². The Balaban J connectivity index is 3.57. The maximum atomic E-state index is 6.07. The van der Waals surface area contributed by atoms with E-state index in [2.05, 4.69) is 81.5 Å². The zero-order valence-electron chi connectivity index (χ0n) is 31.0. The van der Waals surface area contributed by atoms with E-state index in [0.29, 0.717) is 5.92 Å². The van der Waals surface area contributed by atoms with Crippen molar-refractivity contribution in [2.75, 3.05) is 47.1 Å². The van der Waals surface area contributed by atoms with Crippen LogP contribution in [0.25, 0.3) is 0 Å². The number of nitrogens with zero attached hydrogens (tertiary/aromatic N) is 1. The summed E-state index contributed by atoms with van der Waals surface area (Å²) in [4.78, 5) is 2.26. The predicted molar refractivity (Wildman–Crippen MR) is 202 cm³/mol. The number of rotatable bonds is 36. The van der Waals surface area contributed by atoms with Crippen LogP contribution in [-0.2, 0) is 9.47 Å². The van der Waals surface area contributed by atoms with Gasteiger partial charge in [0.2, 0.25) is 0 Å². The molecule has 0 amide bonds. The van der Waals surface area contributed by atoms with Gasteiger partial charge in [0, 0.05) is 25.7 Å². The second-order valence-corrected chi connectivity index (χ2v) is 13.4. The van der Waals surface area contributed by atoms with Crippen LogP contribution in [0.4, 0.5) is 0 Å². The normalized spacial score (nSPS) is 12.6. The highest BCUT2D eigenvalue weighted by Gasteiger charge is 2.11. The van der Waals surface area contributed by atoms with Gasteiger partial charge in [-0.25, -0.2) is 0 Å². The molecular formula is C42H79NO2. The van der Waals surface area contributed by atoms with Crippen molar-refractivity contribution >= 4 is 0 Å². The summed E-state index contributed by atoms with van der Waals surface area (Å²) in [6.07, 6.45) is 49.7. The lowest BCUT2D eigenvalue weighted by atomic mass is 10.1. The van der Waals surface area contributed by atoms with Gasteiger partial charge in [-0.3, -0.25) is 0 Å². The van der Waals surface area contributed by atoms with Gasteiger partial charge in [-0.2, -0.15) is 0 Å². The first-order valence-corrected chi connectivity index (χ1v) is 19.6. The van der Waals surface area contributed by atoms with E-state index in [-0.39, 0.29) is 0 Å². The third-order valence-electron chi connectivity index (χ3n) is 8.31. The summed E-state index contributed by atoms with van der Waals surface area (Å²) in [6, 6.07) is 0. The first-order chi connectivity index (χ1) is 22.2. The van der Waals surface area contributed by atoms with Gasteiger partial charge in [-0.05, 0) is 91.1 Å². The van der Waals surface area contributed by atoms with E-state index in [0.717, 1.165) is 45.8 Å². The van der Waals surface area contributed by atoms with Crippen molar-refractivity contribution in [1.82, 2.24) is 4.90 Å². The van der Waals surface area contributed by atoms with E-state index >= 15 is 0 Å². The molecule has 3 nitrogen and oxygen atoms in total. The van der Waals surface area contributed by atoms with E-state index in [4.69, 9.17) is 9.47 Å². The average molecular weight is 630 g/mol. The second-order valence-electron chi connectivity index (χ2n) is 13.4. The minimum Gasteiger partial charge on any atom is -0.381 e. The maximum Gasteiger partial charge on any atom is 0.0528 e. The van der Waals surface area contributed by atoms with Gasteiger partial charge < -0.3 is 14.4 Å². The Morgan fingerprint density at radius 1 is 0.422 bits per heavy atom. The van der Waals surface area contributed by atoms with Gasteiger partial charge in [0.25, 0.3) is 0 Å². The van der Waals surface area contributed by atoms with Crippen LogP contribution in [0.15, 0.2) is 48.6 Å². The molecule has 0 radical (unpaired) electrons. The molecule has 0 aliphatic carbocycles. The molecule has 0 aromatic rings.